The van der Waals surface area contributed by atoms with Gasteiger partial charge in [-0.05, 0) is 25.0 Å². The molecule has 0 unspecified atom stereocenters. The van der Waals surface area contributed by atoms with Crippen molar-refractivity contribution in [2.75, 3.05) is 0 Å². The van der Waals surface area contributed by atoms with Crippen LogP contribution in [0.25, 0.3) is 0 Å². The van der Waals surface area contributed by atoms with E-state index in [9.17, 15) is 9.59 Å². The predicted octanol–water partition coefficient (Wildman–Crippen LogP) is 3.23. The second-order valence-corrected chi connectivity index (χ2v) is 5.20. The molecule has 0 bridgehead atoms. The number of Topliss-reactive ketones (excluding diaryl/α,β-unsaturated/α-hetero) is 1. The molecule has 0 aliphatic heterocycles. The molecular formula is C13H13Cl2NO2. The van der Waals surface area contributed by atoms with E-state index in [1.807, 2.05) is 0 Å². The summed E-state index contributed by atoms with van der Waals surface area (Å²) in [5.74, 6) is -0.0128. The third kappa shape index (κ3) is 3.03. The molecule has 1 amide bonds. The second-order valence-electron chi connectivity index (χ2n) is 4.38. The van der Waals surface area contributed by atoms with Gasteiger partial charge < -0.3 is 5.32 Å². The third-order valence-corrected chi connectivity index (χ3v) is 3.70. The average Bonchev–Trinajstić information content (AvgIpc) is 2.32. The summed E-state index contributed by atoms with van der Waals surface area (Å²) in [4.78, 5) is 23.2. The number of amides is 1. The molecule has 1 aromatic rings. The van der Waals surface area contributed by atoms with Crippen LogP contribution in [0.15, 0.2) is 18.2 Å². The van der Waals surface area contributed by atoms with Gasteiger partial charge in [0.1, 0.15) is 5.78 Å². The van der Waals surface area contributed by atoms with Crippen LogP contribution in [0.1, 0.15) is 36.0 Å². The Hall–Kier alpha value is -1.06. The van der Waals surface area contributed by atoms with Crippen LogP contribution in [0.4, 0.5) is 0 Å². The van der Waals surface area contributed by atoms with E-state index in [4.69, 9.17) is 23.2 Å². The van der Waals surface area contributed by atoms with Gasteiger partial charge >= 0.3 is 0 Å². The number of hydrogen-bond donors (Lipinski definition) is 1. The molecule has 3 nitrogen and oxygen atoms in total. The first kappa shape index (κ1) is 13.4. The van der Waals surface area contributed by atoms with Crippen LogP contribution >= 0.6 is 23.2 Å². The van der Waals surface area contributed by atoms with Crippen molar-refractivity contribution in [2.24, 2.45) is 0 Å². The fourth-order valence-electron chi connectivity index (χ4n) is 2.06. The summed E-state index contributed by atoms with van der Waals surface area (Å²) in [6.07, 6.45) is 2.43. The van der Waals surface area contributed by atoms with Gasteiger partial charge in [-0.2, -0.15) is 0 Å². The molecule has 0 heterocycles. The van der Waals surface area contributed by atoms with Gasteiger partial charge in [0.15, 0.2) is 0 Å². The lowest BCUT2D eigenvalue weighted by Crippen LogP contribution is -2.37. The normalized spacial score (nSPS) is 16.7. The minimum Gasteiger partial charge on any atom is -0.349 e. The Labute approximate surface area is 115 Å². The minimum atomic E-state index is -0.273. The molecule has 0 spiro atoms. The van der Waals surface area contributed by atoms with Crippen molar-refractivity contribution >= 4 is 34.9 Å². The summed E-state index contributed by atoms with van der Waals surface area (Å²) in [6.45, 7) is 0. The predicted molar refractivity (Wildman–Crippen MR) is 71.2 cm³/mol. The van der Waals surface area contributed by atoms with E-state index in [0.29, 0.717) is 41.3 Å². The van der Waals surface area contributed by atoms with Crippen molar-refractivity contribution in [1.29, 1.82) is 0 Å². The van der Waals surface area contributed by atoms with Gasteiger partial charge in [0.25, 0.3) is 5.91 Å². The summed E-state index contributed by atoms with van der Waals surface area (Å²) in [5, 5.41) is 3.56. The van der Waals surface area contributed by atoms with Crippen LogP contribution in [-0.2, 0) is 4.79 Å². The van der Waals surface area contributed by atoms with E-state index in [1.165, 1.54) is 0 Å². The number of halogens is 2. The molecule has 18 heavy (non-hydrogen) atoms. The highest BCUT2D eigenvalue weighted by Gasteiger charge is 2.22. The zero-order valence-electron chi connectivity index (χ0n) is 9.71. The Morgan fingerprint density at radius 2 is 1.72 bits per heavy atom. The highest BCUT2D eigenvalue weighted by Crippen LogP contribution is 2.25. The first-order chi connectivity index (χ1) is 8.58. The Morgan fingerprint density at radius 1 is 1.17 bits per heavy atom. The van der Waals surface area contributed by atoms with Crippen LogP contribution in [-0.4, -0.2) is 17.7 Å². The van der Waals surface area contributed by atoms with E-state index in [-0.39, 0.29) is 17.7 Å². The Balaban J connectivity index is 2.06. The van der Waals surface area contributed by atoms with Gasteiger partial charge in [0.2, 0.25) is 0 Å². The maximum absolute atomic E-state index is 12.1. The molecule has 0 saturated heterocycles. The molecule has 1 N–H and O–H groups in total. The molecule has 5 heteroatoms. The van der Waals surface area contributed by atoms with Gasteiger partial charge in [-0.3, -0.25) is 9.59 Å². The van der Waals surface area contributed by atoms with Gasteiger partial charge in [-0.15, -0.1) is 0 Å². The highest BCUT2D eigenvalue weighted by molar-refractivity contribution is 6.39. The molecule has 2 rings (SSSR count). The molecule has 96 valence electrons. The molecule has 1 saturated carbocycles. The SMILES string of the molecule is O=C1CCC(NC(=O)c2c(Cl)cccc2Cl)CC1. The van der Waals surface area contributed by atoms with Crippen molar-refractivity contribution in [3.8, 4) is 0 Å². The summed E-state index contributed by atoms with van der Waals surface area (Å²) in [5.41, 5.74) is 0.303. The van der Waals surface area contributed by atoms with E-state index in [2.05, 4.69) is 5.32 Å². The van der Waals surface area contributed by atoms with Crippen LogP contribution in [0, 0.1) is 0 Å². The lowest BCUT2D eigenvalue weighted by Gasteiger charge is -2.22. The fourth-order valence-corrected chi connectivity index (χ4v) is 2.63. The van der Waals surface area contributed by atoms with Crippen LogP contribution in [0.3, 0.4) is 0 Å². The Kier molecular flexibility index (Phi) is 4.25. The zero-order chi connectivity index (χ0) is 13.1. The number of benzene rings is 1. The molecule has 1 aromatic carbocycles. The van der Waals surface area contributed by atoms with E-state index >= 15 is 0 Å². The van der Waals surface area contributed by atoms with Crippen molar-refractivity contribution in [3.05, 3.63) is 33.8 Å². The first-order valence-corrected chi connectivity index (χ1v) is 6.60. The van der Waals surface area contributed by atoms with Crippen LogP contribution in [0.2, 0.25) is 10.0 Å². The maximum atomic E-state index is 12.1. The molecule has 1 aliphatic carbocycles. The summed E-state index contributed by atoms with van der Waals surface area (Å²) < 4.78 is 0. The minimum absolute atomic E-state index is 0.0301. The topological polar surface area (TPSA) is 46.2 Å². The summed E-state index contributed by atoms with van der Waals surface area (Å²) >= 11 is 11.9. The summed E-state index contributed by atoms with van der Waals surface area (Å²) in [7, 11) is 0. The number of carbonyl (C=O) groups is 2. The Bertz CT molecular complexity index is 458. The second kappa shape index (κ2) is 5.72. The first-order valence-electron chi connectivity index (χ1n) is 5.84. The van der Waals surface area contributed by atoms with Crippen LogP contribution < -0.4 is 5.32 Å². The monoisotopic (exact) mass is 285 g/mol. The zero-order valence-corrected chi connectivity index (χ0v) is 11.2. The molecule has 1 fully saturated rings. The number of rotatable bonds is 2. The average molecular weight is 286 g/mol. The number of ketones is 1. The molecular weight excluding hydrogens is 273 g/mol. The third-order valence-electron chi connectivity index (χ3n) is 3.07. The van der Waals surface area contributed by atoms with E-state index in [1.54, 1.807) is 18.2 Å². The highest BCUT2D eigenvalue weighted by atomic mass is 35.5. The van der Waals surface area contributed by atoms with Crippen molar-refractivity contribution in [3.63, 3.8) is 0 Å². The fraction of sp³-hybridized carbons (Fsp3) is 0.385. The van der Waals surface area contributed by atoms with Gasteiger partial charge in [0.05, 0.1) is 15.6 Å². The number of nitrogens with one attached hydrogen (secondary N) is 1. The smallest absolute Gasteiger partial charge is 0.254 e. The van der Waals surface area contributed by atoms with E-state index < -0.39 is 0 Å². The summed E-state index contributed by atoms with van der Waals surface area (Å²) in [6, 6.07) is 4.99. The lowest BCUT2D eigenvalue weighted by molar-refractivity contribution is -0.120. The van der Waals surface area contributed by atoms with Crippen molar-refractivity contribution < 1.29 is 9.59 Å². The Morgan fingerprint density at radius 3 is 2.28 bits per heavy atom. The largest absolute Gasteiger partial charge is 0.349 e. The van der Waals surface area contributed by atoms with Crippen molar-refractivity contribution in [1.82, 2.24) is 5.32 Å². The molecule has 0 aromatic heterocycles. The standard InChI is InChI=1S/C13H13Cl2NO2/c14-10-2-1-3-11(15)12(10)13(18)16-8-4-6-9(17)7-5-8/h1-3,8H,4-7H2,(H,16,18). The van der Waals surface area contributed by atoms with Gasteiger partial charge in [0, 0.05) is 18.9 Å². The van der Waals surface area contributed by atoms with Crippen molar-refractivity contribution in [2.45, 2.75) is 31.7 Å². The maximum Gasteiger partial charge on any atom is 0.254 e. The quantitative estimate of drug-likeness (QED) is 0.907. The lowest BCUT2D eigenvalue weighted by atomic mass is 9.94. The molecule has 0 atom stereocenters. The molecule has 1 aliphatic rings. The number of hydrogen-bond acceptors (Lipinski definition) is 2. The number of carbonyl (C=O) groups excluding carboxylic acids is 2. The van der Waals surface area contributed by atoms with E-state index in [0.717, 1.165) is 0 Å². The van der Waals surface area contributed by atoms with Gasteiger partial charge in [-0.25, -0.2) is 0 Å². The molecule has 0 radical (unpaired) electrons. The van der Waals surface area contributed by atoms with Crippen LogP contribution in [0.5, 0.6) is 0 Å². The van der Waals surface area contributed by atoms with Gasteiger partial charge in [-0.1, -0.05) is 29.3 Å².